The van der Waals surface area contributed by atoms with Gasteiger partial charge in [-0.1, -0.05) is 20.4 Å². The Bertz CT molecular complexity index is 368. The number of likely N-dealkylation sites (tertiary alicyclic amines) is 1. The number of nitrogens with one attached hydrogen (secondary N) is 1. The molecule has 1 heterocycles. The predicted octanol–water partition coefficient (Wildman–Crippen LogP) is 1.33. The molecule has 1 unspecified atom stereocenters. The van der Waals surface area contributed by atoms with Crippen molar-refractivity contribution in [3.05, 3.63) is 12.7 Å². The molecule has 1 saturated heterocycles. The van der Waals surface area contributed by atoms with Gasteiger partial charge in [-0.3, -0.25) is 9.59 Å². The van der Waals surface area contributed by atoms with Crippen molar-refractivity contribution in [2.45, 2.75) is 39.2 Å². The smallest absolute Gasteiger partial charge is 0.245 e. The lowest BCUT2D eigenvalue weighted by Crippen LogP contribution is -2.43. The molecule has 0 spiro atoms. The molecular formula is C14H22N2O2. The molecule has 0 aromatic carbocycles. The summed E-state index contributed by atoms with van der Waals surface area (Å²) >= 11 is 0. The number of amides is 2. The second-order valence-corrected chi connectivity index (χ2v) is 6.06. The van der Waals surface area contributed by atoms with Gasteiger partial charge in [0.05, 0.1) is 0 Å². The van der Waals surface area contributed by atoms with Crippen molar-refractivity contribution in [3.8, 4) is 0 Å². The molecule has 1 aliphatic heterocycles. The Balaban J connectivity index is 1.77. The van der Waals surface area contributed by atoms with Crippen molar-refractivity contribution >= 4 is 11.8 Å². The third-order valence-corrected chi connectivity index (χ3v) is 4.18. The molecule has 0 aromatic rings. The van der Waals surface area contributed by atoms with Crippen molar-refractivity contribution in [1.29, 1.82) is 0 Å². The average Bonchev–Trinajstić information content (AvgIpc) is 2.95. The van der Waals surface area contributed by atoms with Gasteiger partial charge in [-0.25, -0.2) is 0 Å². The number of carbonyl (C=O) groups is 2. The van der Waals surface area contributed by atoms with Crippen molar-refractivity contribution in [2.75, 3.05) is 13.1 Å². The van der Waals surface area contributed by atoms with Crippen LogP contribution in [0.5, 0.6) is 0 Å². The Hall–Kier alpha value is -1.32. The monoisotopic (exact) mass is 250 g/mol. The van der Waals surface area contributed by atoms with Gasteiger partial charge in [0.1, 0.15) is 0 Å². The normalized spacial score (nSPS) is 26.6. The molecule has 1 saturated carbocycles. The van der Waals surface area contributed by atoms with Crippen LogP contribution in [0.15, 0.2) is 12.7 Å². The predicted molar refractivity (Wildman–Crippen MR) is 69.8 cm³/mol. The fourth-order valence-corrected chi connectivity index (χ4v) is 2.49. The third kappa shape index (κ3) is 2.74. The Labute approximate surface area is 108 Å². The number of hydrogen-bond acceptors (Lipinski definition) is 2. The van der Waals surface area contributed by atoms with Gasteiger partial charge < -0.3 is 10.2 Å². The zero-order valence-corrected chi connectivity index (χ0v) is 11.2. The zero-order valence-electron chi connectivity index (χ0n) is 11.2. The molecular weight excluding hydrogens is 228 g/mol. The molecule has 1 N–H and O–H groups in total. The number of rotatable bonds is 3. The van der Waals surface area contributed by atoms with Crippen LogP contribution in [0, 0.1) is 11.3 Å². The molecule has 0 radical (unpaired) electrons. The van der Waals surface area contributed by atoms with E-state index in [2.05, 4.69) is 25.7 Å². The van der Waals surface area contributed by atoms with Crippen LogP contribution in [-0.4, -0.2) is 35.8 Å². The summed E-state index contributed by atoms with van der Waals surface area (Å²) in [6.07, 6.45) is 3.94. The second-order valence-electron chi connectivity index (χ2n) is 6.06. The number of nitrogens with zero attached hydrogens (tertiary/aromatic N) is 1. The standard InChI is InChI=1S/C14H22N2O2/c1-4-12(17)16-7-5-10(6-8-16)13(18)15-11-9-14(11,2)3/h4,10-11H,1,5-9H2,2-3H3,(H,15,18). The summed E-state index contributed by atoms with van der Waals surface area (Å²) < 4.78 is 0. The highest BCUT2D eigenvalue weighted by Gasteiger charge is 2.47. The summed E-state index contributed by atoms with van der Waals surface area (Å²) in [5.41, 5.74) is 0.273. The Kier molecular flexibility index (Phi) is 3.46. The maximum Gasteiger partial charge on any atom is 0.245 e. The molecule has 1 atom stereocenters. The Morgan fingerprint density at radius 1 is 1.33 bits per heavy atom. The maximum atomic E-state index is 12.0. The molecule has 0 aromatic heterocycles. The summed E-state index contributed by atoms with van der Waals surface area (Å²) in [6.45, 7) is 9.15. The van der Waals surface area contributed by atoms with Crippen LogP contribution >= 0.6 is 0 Å². The minimum atomic E-state index is -0.0304. The van der Waals surface area contributed by atoms with E-state index in [9.17, 15) is 9.59 Å². The van der Waals surface area contributed by atoms with Crippen molar-refractivity contribution < 1.29 is 9.59 Å². The van der Waals surface area contributed by atoms with E-state index in [-0.39, 0.29) is 23.1 Å². The molecule has 2 aliphatic rings. The number of piperidine rings is 1. The Morgan fingerprint density at radius 2 is 1.89 bits per heavy atom. The minimum Gasteiger partial charge on any atom is -0.353 e. The summed E-state index contributed by atoms with van der Waals surface area (Å²) in [7, 11) is 0. The summed E-state index contributed by atoms with van der Waals surface area (Å²) in [6, 6.07) is 0.345. The number of hydrogen-bond donors (Lipinski definition) is 1. The minimum absolute atomic E-state index is 0.0304. The van der Waals surface area contributed by atoms with Crippen LogP contribution in [0.1, 0.15) is 33.1 Å². The molecule has 4 nitrogen and oxygen atoms in total. The van der Waals surface area contributed by atoms with Gasteiger partial charge in [-0.05, 0) is 30.8 Å². The van der Waals surface area contributed by atoms with Crippen LogP contribution < -0.4 is 5.32 Å². The lowest BCUT2D eigenvalue weighted by atomic mass is 9.95. The molecule has 100 valence electrons. The van der Waals surface area contributed by atoms with Crippen LogP contribution in [0.25, 0.3) is 0 Å². The van der Waals surface area contributed by atoms with Gasteiger partial charge in [0.25, 0.3) is 0 Å². The molecule has 1 aliphatic carbocycles. The molecule has 2 rings (SSSR count). The summed E-state index contributed by atoms with van der Waals surface area (Å²) in [5, 5.41) is 3.11. The first kappa shape index (κ1) is 13.1. The van der Waals surface area contributed by atoms with Crippen molar-refractivity contribution in [1.82, 2.24) is 10.2 Å². The van der Waals surface area contributed by atoms with Gasteiger partial charge in [-0.15, -0.1) is 0 Å². The topological polar surface area (TPSA) is 49.4 Å². The first-order valence-corrected chi connectivity index (χ1v) is 6.66. The van der Waals surface area contributed by atoms with Gasteiger partial charge in [0, 0.05) is 25.0 Å². The molecule has 0 bridgehead atoms. The van der Waals surface area contributed by atoms with E-state index < -0.39 is 0 Å². The van der Waals surface area contributed by atoms with E-state index in [1.807, 2.05) is 0 Å². The van der Waals surface area contributed by atoms with E-state index in [1.54, 1.807) is 4.90 Å². The fourth-order valence-electron chi connectivity index (χ4n) is 2.49. The lowest BCUT2D eigenvalue weighted by molar-refractivity contribution is -0.132. The van der Waals surface area contributed by atoms with E-state index in [1.165, 1.54) is 6.08 Å². The van der Waals surface area contributed by atoms with Gasteiger partial charge in [0.2, 0.25) is 11.8 Å². The summed E-state index contributed by atoms with van der Waals surface area (Å²) in [5.74, 6) is 0.198. The van der Waals surface area contributed by atoms with Crippen molar-refractivity contribution in [2.24, 2.45) is 11.3 Å². The lowest BCUT2D eigenvalue weighted by Gasteiger charge is -2.30. The molecule has 18 heavy (non-hydrogen) atoms. The van der Waals surface area contributed by atoms with Crippen LogP contribution in [0.4, 0.5) is 0 Å². The third-order valence-electron chi connectivity index (χ3n) is 4.18. The van der Waals surface area contributed by atoms with E-state index >= 15 is 0 Å². The highest BCUT2D eigenvalue weighted by molar-refractivity contribution is 5.87. The van der Waals surface area contributed by atoms with E-state index in [0.29, 0.717) is 19.1 Å². The van der Waals surface area contributed by atoms with Crippen molar-refractivity contribution in [3.63, 3.8) is 0 Å². The van der Waals surface area contributed by atoms with Crippen LogP contribution in [-0.2, 0) is 9.59 Å². The van der Waals surface area contributed by atoms with Gasteiger partial charge >= 0.3 is 0 Å². The van der Waals surface area contributed by atoms with Gasteiger partial charge in [-0.2, -0.15) is 0 Å². The van der Waals surface area contributed by atoms with E-state index in [4.69, 9.17) is 0 Å². The molecule has 2 fully saturated rings. The molecule has 4 heteroatoms. The Morgan fingerprint density at radius 3 is 2.33 bits per heavy atom. The zero-order chi connectivity index (χ0) is 13.3. The first-order chi connectivity index (χ1) is 8.44. The fraction of sp³-hybridized carbons (Fsp3) is 0.714. The average molecular weight is 250 g/mol. The molecule has 2 amide bonds. The highest BCUT2D eigenvalue weighted by Crippen LogP contribution is 2.44. The first-order valence-electron chi connectivity index (χ1n) is 6.66. The maximum absolute atomic E-state index is 12.0. The summed E-state index contributed by atoms with van der Waals surface area (Å²) in [4.78, 5) is 25.2. The van der Waals surface area contributed by atoms with Crippen LogP contribution in [0.3, 0.4) is 0 Å². The second kappa shape index (κ2) is 4.75. The largest absolute Gasteiger partial charge is 0.353 e. The highest BCUT2D eigenvalue weighted by atomic mass is 16.2. The SMILES string of the molecule is C=CC(=O)N1CCC(C(=O)NC2CC2(C)C)CC1. The quantitative estimate of drug-likeness (QED) is 0.768. The van der Waals surface area contributed by atoms with Gasteiger partial charge in [0.15, 0.2) is 0 Å². The van der Waals surface area contributed by atoms with E-state index in [0.717, 1.165) is 19.3 Å². The number of carbonyl (C=O) groups excluding carboxylic acids is 2. The van der Waals surface area contributed by atoms with Crippen LogP contribution in [0.2, 0.25) is 0 Å².